The molecule has 1 aliphatic heterocycles. The standard InChI is InChI=1S/C19H16ClF3N2O5/c1-10(26)12-5-16-17(30-9-29-16)6-13(12)25-18(27)7-24-14-4-11(20)2-3-15(14)28-8-19(21,22)23/h2-6,24H,7-9H2,1H3,(H,25,27). The van der Waals surface area contributed by atoms with Gasteiger partial charge in [0.1, 0.15) is 5.75 Å². The van der Waals surface area contributed by atoms with Gasteiger partial charge in [-0.1, -0.05) is 11.6 Å². The van der Waals surface area contributed by atoms with Crippen LogP contribution in [0.1, 0.15) is 17.3 Å². The van der Waals surface area contributed by atoms with Gasteiger partial charge >= 0.3 is 6.18 Å². The number of halogens is 4. The summed E-state index contributed by atoms with van der Waals surface area (Å²) in [6.07, 6.45) is -4.52. The van der Waals surface area contributed by atoms with Gasteiger partial charge in [0.25, 0.3) is 0 Å². The normalized spacial score (nSPS) is 12.4. The van der Waals surface area contributed by atoms with E-state index in [2.05, 4.69) is 10.6 Å². The molecule has 0 fully saturated rings. The molecule has 0 atom stereocenters. The van der Waals surface area contributed by atoms with Gasteiger partial charge in [-0.2, -0.15) is 13.2 Å². The summed E-state index contributed by atoms with van der Waals surface area (Å²) in [6, 6.07) is 6.90. The first-order valence-corrected chi connectivity index (χ1v) is 8.97. The Morgan fingerprint density at radius 1 is 1.13 bits per heavy atom. The van der Waals surface area contributed by atoms with Crippen molar-refractivity contribution in [2.24, 2.45) is 0 Å². The second kappa shape index (κ2) is 8.70. The minimum Gasteiger partial charge on any atom is -0.482 e. The maximum absolute atomic E-state index is 12.4. The van der Waals surface area contributed by atoms with Gasteiger partial charge in [-0.3, -0.25) is 9.59 Å². The lowest BCUT2D eigenvalue weighted by molar-refractivity contribution is -0.153. The van der Waals surface area contributed by atoms with Crippen molar-refractivity contribution < 1.29 is 37.0 Å². The number of fused-ring (bicyclic) bond motifs is 1. The number of hydrogen-bond acceptors (Lipinski definition) is 6. The molecule has 2 aromatic rings. The van der Waals surface area contributed by atoms with E-state index >= 15 is 0 Å². The molecule has 0 spiro atoms. The SMILES string of the molecule is CC(=O)c1cc2c(cc1NC(=O)CNc1cc(Cl)ccc1OCC(F)(F)F)OCO2. The molecule has 0 bridgehead atoms. The summed E-state index contributed by atoms with van der Waals surface area (Å²) < 4.78 is 52.5. The van der Waals surface area contributed by atoms with Crippen molar-refractivity contribution in [3.63, 3.8) is 0 Å². The highest BCUT2D eigenvalue weighted by Gasteiger charge is 2.29. The summed E-state index contributed by atoms with van der Waals surface area (Å²) in [5.41, 5.74) is 0.558. The smallest absolute Gasteiger partial charge is 0.422 e. The number of anilines is 2. The fourth-order valence-corrected chi connectivity index (χ4v) is 2.80. The van der Waals surface area contributed by atoms with Crippen molar-refractivity contribution in [2.75, 3.05) is 30.6 Å². The quantitative estimate of drug-likeness (QED) is 0.620. The summed E-state index contributed by atoms with van der Waals surface area (Å²) in [5.74, 6) is -0.202. The van der Waals surface area contributed by atoms with Crippen LogP contribution < -0.4 is 24.8 Å². The number of ketones is 1. The monoisotopic (exact) mass is 444 g/mol. The van der Waals surface area contributed by atoms with Crippen LogP contribution in [-0.4, -0.2) is 37.8 Å². The average Bonchev–Trinajstić information content (AvgIpc) is 3.11. The Morgan fingerprint density at radius 2 is 1.83 bits per heavy atom. The van der Waals surface area contributed by atoms with Gasteiger partial charge in [-0.25, -0.2) is 0 Å². The maximum atomic E-state index is 12.4. The van der Waals surface area contributed by atoms with E-state index < -0.39 is 18.7 Å². The van der Waals surface area contributed by atoms with E-state index in [1.165, 1.54) is 37.3 Å². The second-order valence-corrected chi connectivity index (χ2v) is 6.69. The first kappa shape index (κ1) is 21.6. The van der Waals surface area contributed by atoms with Gasteiger partial charge in [-0.15, -0.1) is 0 Å². The number of amides is 1. The van der Waals surface area contributed by atoms with Crippen LogP contribution in [0.2, 0.25) is 5.02 Å². The van der Waals surface area contributed by atoms with Crippen molar-refractivity contribution in [1.29, 1.82) is 0 Å². The second-order valence-electron chi connectivity index (χ2n) is 6.25. The number of carbonyl (C=O) groups excluding carboxylic acids is 2. The third-order valence-corrected chi connectivity index (χ3v) is 4.17. The van der Waals surface area contributed by atoms with Crippen molar-refractivity contribution >= 4 is 34.7 Å². The Kier molecular flexibility index (Phi) is 6.25. The number of rotatable bonds is 7. The van der Waals surface area contributed by atoms with E-state index in [0.717, 1.165) is 0 Å². The predicted molar refractivity (Wildman–Crippen MR) is 103 cm³/mol. The van der Waals surface area contributed by atoms with Crippen molar-refractivity contribution in [3.8, 4) is 17.2 Å². The molecule has 0 saturated heterocycles. The lowest BCUT2D eigenvalue weighted by atomic mass is 10.1. The highest BCUT2D eigenvalue weighted by Crippen LogP contribution is 2.37. The molecule has 0 saturated carbocycles. The Bertz CT molecular complexity index is 981. The molecule has 2 aromatic carbocycles. The Balaban J connectivity index is 1.70. The number of nitrogens with one attached hydrogen (secondary N) is 2. The molecule has 1 aliphatic rings. The molecule has 1 heterocycles. The summed E-state index contributed by atoms with van der Waals surface area (Å²) in [4.78, 5) is 24.2. The minimum atomic E-state index is -4.52. The average molecular weight is 445 g/mol. The van der Waals surface area contributed by atoms with Crippen LogP contribution in [0.4, 0.5) is 24.5 Å². The molecular formula is C19H16ClF3N2O5. The molecule has 0 radical (unpaired) electrons. The number of benzene rings is 2. The molecule has 3 rings (SSSR count). The first-order valence-electron chi connectivity index (χ1n) is 8.60. The Morgan fingerprint density at radius 3 is 2.50 bits per heavy atom. The van der Waals surface area contributed by atoms with Gasteiger partial charge in [0, 0.05) is 16.7 Å². The summed E-state index contributed by atoms with van der Waals surface area (Å²) >= 11 is 5.88. The fourth-order valence-electron chi connectivity index (χ4n) is 2.63. The zero-order valence-corrected chi connectivity index (χ0v) is 16.3. The highest BCUT2D eigenvalue weighted by atomic mass is 35.5. The van der Waals surface area contributed by atoms with E-state index in [1.807, 2.05) is 0 Å². The zero-order valence-electron chi connectivity index (χ0n) is 15.6. The fraction of sp³-hybridized carbons (Fsp3) is 0.263. The number of ether oxygens (including phenoxy) is 3. The molecule has 0 aliphatic carbocycles. The van der Waals surface area contributed by atoms with Crippen LogP contribution in [0.15, 0.2) is 30.3 Å². The van der Waals surface area contributed by atoms with Crippen molar-refractivity contribution in [3.05, 3.63) is 40.9 Å². The molecule has 0 unspecified atom stereocenters. The van der Waals surface area contributed by atoms with E-state index in [9.17, 15) is 22.8 Å². The predicted octanol–water partition coefficient (Wildman–Crippen LogP) is 4.26. The number of carbonyl (C=O) groups is 2. The van der Waals surface area contributed by atoms with Gasteiger partial charge in [0.15, 0.2) is 23.9 Å². The Hall–Kier alpha value is -3.14. The van der Waals surface area contributed by atoms with E-state index in [4.69, 9.17) is 25.8 Å². The van der Waals surface area contributed by atoms with Crippen LogP contribution in [0, 0.1) is 0 Å². The molecular weight excluding hydrogens is 429 g/mol. The lowest BCUT2D eigenvalue weighted by Gasteiger charge is -2.15. The molecule has 0 aromatic heterocycles. The molecule has 1 amide bonds. The van der Waals surface area contributed by atoms with E-state index in [1.54, 1.807) is 0 Å². The molecule has 2 N–H and O–H groups in total. The summed E-state index contributed by atoms with van der Waals surface area (Å²) in [6.45, 7) is -0.480. The topological polar surface area (TPSA) is 85.9 Å². The van der Waals surface area contributed by atoms with Crippen LogP contribution in [0.3, 0.4) is 0 Å². The van der Waals surface area contributed by atoms with Crippen molar-refractivity contribution in [1.82, 2.24) is 0 Å². The number of hydrogen-bond donors (Lipinski definition) is 2. The summed E-state index contributed by atoms with van der Waals surface area (Å²) in [7, 11) is 0. The summed E-state index contributed by atoms with van der Waals surface area (Å²) in [5, 5.41) is 5.49. The first-order chi connectivity index (χ1) is 14.1. The maximum Gasteiger partial charge on any atom is 0.422 e. The van der Waals surface area contributed by atoms with Crippen LogP contribution in [0.25, 0.3) is 0 Å². The molecule has 7 nitrogen and oxygen atoms in total. The third kappa shape index (κ3) is 5.47. The largest absolute Gasteiger partial charge is 0.482 e. The van der Waals surface area contributed by atoms with Gasteiger partial charge in [0.2, 0.25) is 12.7 Å². The highest BCUT2D eigenvalue weighted by molar-refractivity contribution is 6.31. The van der Waals surface area contributed by atoms with Crippen LogP contribution in [-0.2, 0) is 4.79 Å². The minimum absolute atomic E-state index is 0.00109. The lowest BCUT2D eigenvalue weighted by Crippen LogP contribution is -2.24. The van der Waals surface area contributed by atoms with E-state index in [-0.39, 0.29) is 46.8 Å². The number of alkyl halides is 3. The zero-order chi connectivity index (χ0) is 21.9. The molecule has 160 valence electrons. The van der Waals surface area contributed by atoms with Crippen LogP contribution in [0.5, 0.6) is 17.2 Å². The third-order valence-electron chi connectivity index (χ3n) is 3.94. The van der Waals surface area contributed by atoms with Crippen LogP contribution >= 0.6 is 11.6 Å². The van der Waals surface area contributed by atoms with E-state index in [0.29, 0.717) is 11.5 Å². The van der Waals surface area contributed by atoms with Gasteiger partial charge < -0.3 is 24.8 Å². The van der Waals surface area contributed by atoms with Crippen molar-refractivity contribution in [2.45, 2.75) is 13.1 Å². The van der Waals surface area contributed by atoms with Gasteiger partial charge in [0.05, 0.1) is 17.9 Å². The molecule has 11 heteroatoms. The Labute approximate surface area is 174 Å². The number of Topliss-reactive ketones (excluding diaryl/α,β-unsaturated/α-hetero) is 1. The molecule has 30 heavy (non-hydrogen) atoms. The van der Waals surface area contributed by atoms with Gasteiger partial charge in [-0.05, 0) is 31.2 Å².